The number of nitrogens with zero attached hydrogens (tertiary/aromatic N) is 1. The van der Waals surface area contributed by atoms with E-state index < -0.39 is 0 Å². The second kappa shape index (κ2) is 4.73. The summed E-state index contributed by atoms with van der Waals surface area (Å²) in [6.45, 7) is 4.20. The Morgan fingerprint density at radius 1 is 1.31 bits per heavy atom. The molecule has 0 aromatic carbocycles. The summed E-state index contributed by atoms with van der Waals surface area (Å²) in [6.07, 6.45) is 5.22. The van der Waals surface area contributed by atoms with Crippen LogP contribution in [0.3, 0.4) is 0 Å². The Hall–Kier alpha value is -1.25. The lowest BCUT2D eigenvalue weighted by Crippen LogP contribution is -2.29. The number of rotatable bonds is 2. The second-order valence-corrected chi connectivity index (χ2v) is 4.77. The molecule has 2 unspecified atom stereocenters. The Bertz CT molecular complexity index is 365. The number of nitrogens with two attached hydrogens (primary N) is 1. The molecule has 1 saturated carbocycles. The van der Waals surface area contributed by atoms with E-state index in [4.69, 9.17) is 10.5 Å². The van der Waals surface area contributed by atoms with Gasteiger partial charge in [0.25, 0.3) is 0 Å². The average molecular weight is 220 g/mol. The predicted molar refractivity (Wildman–Crippen MR) is 65.4 cm³/mol. The molecule has 3 heteroatoms. The standard InChI is InChI=1S/C13H20N2O/c1-9-5-3-4-6-12(9)16-13-11(14)8-7-10(2)15-13/h7-9,12H,3-6,14H2,1-2H3. The highest BCUT2D eigenvalue weighted by Crippen LogP contribution is 2.29. The molecule has 0 aliphatic heterocycles. The van der Waals surface area contributed by atoms with Gasteiger partial charge in [-0.3, -0.25) is 0 Å². The van der Waals surface area contributed by atoms with Crippen LogP contribution in [0.4, 0.5) is 5.69 Å². The Morgan fingerprint density at radius 3 is 2.81 bits per heavy atom. The molecule has 1 aromatic heterocycles. The quantitative estimate of drug-likeness (QED) is 0.833. The molecule has 16 heavy (non-hydrogen) atoms. The zero-order chi connectivity index (χ0) is 11.5. The first kappa shape index (κ1) is 11.2. The van der Waals surface area contributed by atoms with Crippen LogP contribution >= 0.6 is 0 Å². The van der Waals surface area contributed by atoms with Crippen LogP contribution in [0.2, 0.25) is 0 Å². The van der Waals surface area contributed by atoms with Crippen molar-refractivity contribution in [2.45, 2.75) is 45.6 Å². The summed E-state index contributed by atoms with van der Waals surface area (Å²) in [5.74, 6) is 1.22. The van der Waals surface area contributed by atoms with Crippen LogP contribution in [0.1, 0.15) is 38.3 Å². The first-order valence-corrected chi connectivity index (χ1v) is 6.06. The van der Waals surface area contributed by atoms with Gasteiger partial charge < -0.3 is 10.5 Å². The number of hydrogen-bond acceptors (Lipinski definition) is 3. The van der Waals surface area contributed by atoms with Gasteiger partial charge in [-0.1, -0.05) is 13.3 Å². The number of aryl methyl sites for hydroxylation is 1. The minimum Gasteiger partial charge on any atom is -0.473 e. The smallest absolute Gasteiger partial charge is 0.237 e. The predicted octanol–water partition coefficient (Wildman–Crippen LogP) is 2.93. The van der Waals surface area contributed by atoms with E-state index in [0.717, 1.165) is 12.1 Å². The molecular formula is C13H20N2O. The van der Waals surface area contributed by atoms with Crippen molar-refractivity contribution < 1.29 is 4.74 Å². The number of nitrogen functional groups attached to an aromatic ring is 1. The lowest BCUT2D eigenvalue weighted by molar-refractivity contribution is 0.0983. The van der Waals surface area contributed by atoms with Crippen LogP contribution in [-0.4, -0.2) is 11.1 Å². The van der Waals surface area contributed by atoms with Crippen LogP contribution in [0.15, 0.2) is 12.1 Å². The molecule has 0 saturated heterocycles. The maximum atomic E-state index is 5.94. The van der Waals surface area contributed by atoms with Crippen molar-refractivity contribution in [3.8, 4) is 5.88 Å². The van der Waals surface area contributed by atoms with E-state index in [1.165, 1.54) is 19.3 Å². The Balaban J connectivity index is 2.10. The van der Waals surface area contributed by atoms with E-state index in [-0.39, 0.29) is 6.10 Å². The fraction of sp³-hybridized carbons (Fsp3) is 0.615. The number of ether oxygens (including phenoxy) is 1. The third-order valence-electron chi connectivity index (χ3n) is 3.32. The largest absolute Gasteiger partial charge is 0.473 e. The maximum absolute atomic E-state index is 5.94. The normalized spacial score (nSPS) is 25.4. The van der Waals surface area contributed by atoms with E-state index in [1.54, 1.807) is 0 Å². The number of hydrogen-bond donors (Lipinski definition) is 1. The average Bonchev–Trinajstić information content (AvgIpc) is 2.27. The third kappa shape index (κ3) is 2.46. The van der Waals surface area contributed by atoms with Crippen LogP contribution in [0, 0.1) is 12.8 Å². The Morgan fingerprint density at radius 2 is 2.06 bits per heavy atom. The van der Waals surface area contributed by atoms with E-state index in [1.807, 2.05) is 19.1 Å². The van der Waals surface area contributed by atoms with Crippen molar-refractivity contribution in [2.24, 2.45) is 5.92 Å². The van der Waals surface area contributed by atoms with Crippen molar-refractivity contribution in [1.29, 1.82) is 0 Å². The van der Waals surface area contributed by atoms with Gasteiger partial charge >= 0.3 is 0 Å². The molecule has 1 aromatic rings. The van der Waals surface area contributed by atoms with Gasteiger partial charge in [0, 0.05) is 5.69 Å². The number of anilines is 1. The minimum atomic E-state index is 0.283. The highest BCUT2D eigenvalue weighted by Gasteiger charge is 2.23. The lowest BCUT2D eigenvalue weighted by atomic mass is 9.88. The molecule has 0 bridgehead atoms. The van der Waals surface area contributed by atoms with Gasteiger partial charge in [-0.25, -0.2) is 4.98 Å². The lowest BCUT2D eigenvalue weighted by Gasteiger charge is -2.29. The van der Waals surface area contributed by atoms with Gasteiger partial charge in [-0.05, 0) is 44.2 Å². The fourth-order valence-electron chi connectivity index (χ4n) is 2.24. The van der Waals surface area contributed by atoms with Gasteiger partial charge in [0.15, 0.2) is 0 Å². The van der Waals surface area contributed by atoms with Crippen LogP contribution in [0.25, 0.3) is 0 Å². The molecule has 1 aliphatic rings. The van der Waals surface area contributed by atoms with Gasteiger partial charge in [-0.2, -0.15) is 0 Å². The molecule has 1 aliphatic carbocycles. The molecule has 0 amide bonds. The van der Waals surface area contributed by atoms with Crippen LogP contribution in [-0.2, 0) is 0 Å². The highest BCUT2D eigenvalue weighted by molar-refractivity contribution is 5.48. The van der Waals surface area contributed by atoms with Crippen molar-refractivity contribution in [2.75, 3.05) is 5.73 Å². The summed E-state index contributed by atoms with van der Waals surface area (Å²) in [7, 11) is 0. The van der Waals surface area contributed by atoms with Crippen molar-refractivity contribution in [3.63, 3.8) is 0 Å². The molecule has 0 radical (unpaired) electrons. The molecular weight excluding hydrogens is 200 g/mol. The third-order valence-corrected chi connectivity index (χ3v) is 3.32. The molecule has 2 rings (SSSR count). The van der Waals surface area contributed by atoms with Gasteiger partial charge in [-0.15, -0.1) is 0 Å². The fourth-order valence-corrected chi connectivity index (χ4v) is 2.24. The topological polar surface area (TPSA) is 48.1 Å². The van der Waals surface area contributed by atoms with Gasteiger partial charge in [0.1, 0.15) is 6.10 Å². The van der Waals surface area contributed by atoms with E-state index in [0.29, 0.717) is 17.5 Å². The molecule has 3 nitrogen and oxygen atoms in total. The van der Waals surface area contributed by atoms with Crippen LogP contribution in [0.5, 0.6) is 5.88 Å². The van der Waals surface area contributed by atoms with Crippen molar-refractivity contribution >= 4 is 5.69 Å². The molecule has 0 spiro atoms. The molecule has 2 atom stereocenters. The molecule has 88 valence electrons. The highest BCUT2D eigenvalue weighted by atomic mass is 16.5. The summed E-state index contributed by atoms with van der Waals surface area (Å²) in [5, 5.41) is 0. The van der Waals surface area contributed by atoms with E-state index in [2.05, 4.69) is 11.9 Å². The summed E-state index contributed by atoms with van der Waals surface area (Å²) >= 11 is 0. The summed E-state index contributed by atoms with van der Waals surface area (Å²) < 4.78 is 5.94. The zero-order valence-corrected chi connectivity index (χ0v) is 10.1. The van der Waals surface area contributed by atoms with Gasteiger partial charge in [0.05, 0.1) is 5.69 Å². The first-order valence-electron chi connectivity index (χ1n) is 6.06. The zero-order valence-electron chi connectivity index (χ0n) is 10.1. The van der Waals surface area contributed by atoms with Crippen molar-refractivity contribution in [1.82, 2.24) is 4.98 Å². The Labute approximate surface area is 97.0 Å². The number of aromatic nitrogens is 1. The van der Waals surface area contributed by atoms with Crippen LogP contribution < -0.4 is 10.5 Å². The monoisotopic (exact) mass is 220 g/mol. The van der Waals surface area contributed by atoms with Gasteiger partial charge in [0.2, 0.25) is 5.88 Å². The summed E-state index contributed by atoms with van der Waals surface area (Å²) in [4.78, 5) is 4.35. The maximum Gasteiger partial charge on any atom is 0.237 e. The molecule has 1 fully saturated rings. The molecule has 2 N–H and O–H groups in total. The Kier molecular flexibility index (Phi) is 3.32. The number of pyridine rings is 1. The first-order chi connectivity index (χ1) is 7.66. The summed E-state index contributed by atoms with van der Waals surface area (Å²) in [5.41, 5.74) is 7.46. The van der Waals surface area contributed by atoms with E-state index >= 15 is 0 Å². The molecule has 1 heterocycles. The minimum absolute atomic E-state index is 0.283. The SMILES string of the molecule is Cc1ccc(N)c(OC2CCCCC2C)n1. The van der Waals surface area contributed by atoms with E-state index in [9.17, 15) is 0 Å². The second-order valence-electron chi connectivity index (χ2n) is 4.77. The summed E-state index contributed by atoms with van der Waals surface area (Å²) in [6, 6.07) is 3.78. The van der Waals surface area contributed by atoms with Crippen molar-refractivity contribution in [3.05, 3.63) is 17.8 Å².